The van der Waals surface area contributed by atoms with E-state index in [-0.39, 0.29) is 19.1 Å². The summed E-state index contributed by atoms with van der Waals surface area (Å²) >= 11 is 1.48. The van der Waals surface area contributed by atoms with E-state index in [4.69, 9.17) is 4.74 Å². The molecule has 0 N–H and O–H groups in total. The van der Waals surface area contributed by atoms with Gasteiger partial charge < -0.3 is 9.64 Å². The predicted octanol–water partition coefficient (Wildman–Crippen LogP) is 3.46. The highest BCUT2D eigenvalue weighted by molar-refractivity contribution is 7.10. The van der Waals surface area contributed by atoms with E-state index in [9.17, 15) is 14.4 Å². The summed E-state index contributed by atoms with van der Waals surface area (Å²) in [6, 6.07) is 17.8. The molecule has 0 aliphatic carbocycles. The number of nitrogens with zero attached hydrogens (tertiary/aromatic N) is 4. The molecule has 0 unspecified atom stereocenters. The van der Waals surface area contributed by atoms with Crippen LogP contribution in [0.3, 0.4) is 0 Å². The lowest BCUT2D eigenvalue weighted by Crippen LogP contribution is -2.32. The highest BCUT2D eigenvalue weighted by Crippen LogP contribution is 2.43. The van der Waals surface area contributed by atoms with Gasteiger partial charge in [-0.1, -0.05) is 41.1 Å². The normalized spacial score (nSPS) is 18.1. The molecule has 1 aliphatic heterocycles. The van der Waals surface area contributed by atoms with Gasteiger partial charge in [0.2, 0.25) is 5.91 Å². The van der Waals surface area contributed by atoms with Gasteiger partial charge in [-0.2, -0.15) is 4.68 Å². The van der Waals surface area contributed by atoms with Crippen LogP contribution in [0.2, 0.25) is 0 Å². The van der Waals surface area contributed by atoms with Gasteiger partial charge in [-0.15, -0.1) is 16.4 Å². The first kappa shape index (κ1) is 21.0. The third kappa shape index (κ3) is 3.91. The Labute approximate surface area is 193 Å². The summed E-state index contributed by atoms with van der Waals surface area (Å²) in [5, 5.41) is 10.2. The monoisotopic (exact) mass is 460 g/mol. The molecule has 5 rings (SSSR count). The van der Waals surface area contributed by atoms with Crippen LogP contribution in [0.1, 0.15) is 22.9 Å². The molecule has 2 aromatic heterocycles. The minimum atomic E-state index is -0.707. The maximum absolute atomic E-state index is 13.1. The molecule has 0 bridgehead atoms. The Balaban J connectivity index is 1.41. The van der Waals surface area contributed by atoms with Crippen molar-refractivity contribution in [3.63, 3.8) is 0 Å². The minimum Gasteiger partial charge on any atom is -0.442 e. The Hall–Kier alpha value is -3.85. The van der Waals surface area contributed by atoms with Gasteiger partial charge in [0.1, 0.15) is 5.52 Å². The molecule has 1 aliphatic rings. The molecule has 2 atom stereocenters. The van der Waals surface area contributed by atoms with Crippen LogP contribution in [0, 0.1) is 12.8 Å². The van der Waals surface area contributed by atoms with E-state index in [2.05, 4.69) is 10.3 Å². The van der Waals surface area contributed by atoms with Gasteiger partial charge in [-0.05, 0) is 42.6 Å². The smallest absolute Gasteiger partial charge is 0.313 e. The third-order valence-electron chi connectivity index (χ3n) is 5.73. The summed E-state index contributed by atoms with van der Waals surface area (Å²) in [6.45, 7) is 1.60. The molecule has 1 fully saturated rings. The van der Waals surface area contributed by atoms with E-state index in [0.717, 1.165) is 20.8 Å². The first-order valence-corrected chi connectivity index (χ1v) is 11.3. The molecule has 0 radical (unpaired) electrons. The first-order chi connectivity index (χ1) is 16.0. The van der Waals surface area contributed by atoms with Gasteiger partial charge in [-0.3, -0.25) is 14.4 Å². The van der Waals surface area contributed by atoms with Crippen molar-refractivity contribution in [2.75, 3.05) is 4.90 Å². The fourth-order valence-electron chi connectivity index (χ4n) is 4.08. The highest BCUT2D eigenvalue weighted by atomic mass is 32.1. The molecule has 166 valence electrons. The van der Waals surface area contributed by atoms with Crippen LogP contribution in [0.15, 0.2) is 70.8 Å². The Morgan fingerprint density at radius 1 is 1.09 bits per heavy atom. The van der Waals surface area contributed by atoms with Gasteiger partial charge in [0.25, 0.3) is 5.56 Å². The number of ether oxygens (including phenoxy) is 1. The summed E-state index contributed by atoms with van der Waals surface area (Å²) in [4.78, 5) is 41.3. The largest absolute Gasteiger partial charge is 0.442 e. The molecule has 33 heavy (non-hydrogen) atoms. The lowest BCUT2D eigenvalue weighted by atomic mass is 9.99. The average Bonchev–Trinajstić information content (AvgIpc) is 3.47. The molecule has 3 heterocycles. The second-order valence-corrected chi connectivity index (χ2v) is 8.85. The number of aromatic nitrogens is 3. The molecule has 8 nitrogen and oxygen atoms in total. The second-order valence-electron chi connectivity index (χ2n) is 7.87. The standard InChI is InChI=1S/C24H20N4O4S/c1-15-8-10-16(11-9-15)28-21(29)13-18(22(28)20-7-4-12-33-20)24(31)32-14-27-23(30)17-5-2-3-6-19(17)25-26-27/h2-12,18,22H,13-14H2,1H3/t18-,22-/m0/s1. The first-order valence-electron chi connectivity index (χ1n) is 10.4. The Kier molecular flexibility index (Phi) is 5.47. The number of amides is 1. The fourth-order valence-corrected chi connectivity index (χ4v) is 4.96. The molecule has 1 amide bonds. The number of hydrogen-bond donors (Lipinski definition) is 0. The van der Waals surface area contributed by atoms with Gasteiger partial charge in [0, 0.05) is 17.0 Å². The van der Waals surface area contributed by atoms with Crippen LogP contribution in [-0.4, -0.2) is 26.9 Å². The number of thiophene rings is 1. The fraction of sp³-hybridized carbons (Fsp3) is 0.208. The maximum Gasteiger partial charge on any atom is 0.313 e. The maximum atomic E-state index is 13.1. The van der Waals surface area contributed by atoms with Gasteiger partial charge in [0.15, 0.2) is 6.73 Å². The van der Waals surface area contributed by atoms with Crippen molar-refractivity contribution >= 4 is 39.8 Å². The number of esters is 1. The number of carbonyl (C=O) groups is 2. The topological polar surface area (TPSA) is 94.4 Å². The number of rotatable bonds is 5. The van der Waals surface area contributed by atoms with Crippen molar-refractivity contribution in [1.29, 1.82) is 0 Å². The quantitative estimate of drug-likeness (QED) is 0.424. The third-order valence-corrected chi connectivity index (χ3v) is 6.67. The molecular formula is C24H20N4O4S. The average molecular weight is 461 g/mol. The SMILES string of the molecule is Cc1ccc(N2C(=O)C[C@H](C(=O)OCn3nnc4ccccc4c3=O)[C@H]2c2cccs2)cc1. The number of benzene rings is 2. The molecule has 9 heteroatoms. The van der Waals surface area contributed by atoms with E-state index >= 15 is 0 Å². The van der Waals surface area contributed by atoms with E-state index in [1.807, 2.05) is 48.7 Å². The van der Waals surface area contributed by atoms with E-state index in [0.29, 0.717) is 10.9 Å². The summed E-state index contributed by atoms with van der Waals surface area (Å²) in [7, 11) is 0. The van der Waals surface area contributed by atoms with Crippen molar-refractivity contribution in [1.82, 2.24) is 15.0 Å². The van der Waals surface area contributed by atoms with Crippen LogP contribution in [0.5, 0.6) is 0 Å². The van der Waals surface area contributed by atoms with Crippen molar-refractivity contribution < 1.29 is 14.3 Å². The Morgan fingerprint density at radius 2 is 1.88 bits per heavy atom. The lowest BCUT2D eigenvalue weighted by molar-refractivity contribution is -0.153. The molecule has 4 aromatic rings. The van der Waals surface area contributed by atoms with Crippen LogP contribution in [0.4, 0.5) is 5.69 Å². The lowest BCUT2D eigenvalue weighted by Gasteiger charge is -2.27. The van der Waals surface area contributed by atoms with Crippen LogP contribution >= 0.6 is 11.3 Å². The highest BCUT2D eigenvalue weighted by Gasteiger charge is 2.46. The van der Waals surface area contributed by atoms with Crippen molar-refractivity contribution in [2.24, 2.45) is 5.92 Å². The summed E-state index contributed by atoms with van der Waals surface area (Å²) < 4.78 is 6.48. The summed E-state index contributed by atoms with van der Waals surface area (Å²) in [6.07, 6.45) is 0.0214. The van der Waals surface area contributed by atoms with Crippen LogP contribution in [-0.2, 0) is 21.1 Å². The predicted molar refractivity (Wildman–Crippen MR) is 124 cm³/mol. The number of hydrogen-bond acceptors (Lipinski definition) is 7. The van der Waals surface area contributed by atoms with Gasteiger partial charge in [0.05, 0.1) is 17.3 Å². The number of fused-ring (bicyclic) bond motifs is 1. The molecular weight excluding hydrogens is 440 g/mol. The Bertz CT molecular complexity index is 1380. The van der Waals surface area contributed by atoms with Crippen molar-refractivity contribution in [3.05, 3.63) is 86.8 Å². The molecule has 2 aromatic carbocycles. The van der Waals surface area contributed by atoms with Crippen LogP contribution < -0.4 is 10.5 Å². The van der Waals surface area contributed by atoms with E-state index < -0.39 is 23.5 Å². The second kappa shape index (κ2) is 8.59. The number of carbonyl (C=O) groups excluding carboxylic acids is 2. The summed E-state index contributed by atoms with van der Waals surface area (Å²) in [5.41, 5.74) is 1.89. The molecule has 0 saturated carbocycles. The molecule has 0 spiro atoms. The molecule has 1 saturated heterocycles. The van der Waals surface area contributed by atoms with Crippen molar-refractivity contribution in [3.8, 4) is 0 Å². The number of anilines is 1. The Morgan fingerprint density at radius 3 is 2.64 bits per heavy atom. The van der Waals surface area contributed by atoms with E-state index in [1.165, 1.54) is 11.3 Å². The van der Waals surface area contributed by atoms with E-state index in [1.54, 1.807) is 29.2 Å². The van der Waals surface area contributed by atoms with Crippen molar-refractivity contribution in [2.45, 2.75) is 26.1 Å². The van der Waals surface area contributed by atoms with Gasteiger partial charge >= 0.3 is 5.97 Å². The van der Waals surface area contributed by atoms with Crippen LogP contribution in [0.25, 0.3) is 10.9 Å². The number of aryl methyl sites for hydroxylation is 1. The zero-order chi connectivity index (χ0) is 22.9. The zero-order valence-electron chi connectivity index (χ0n) is 17.7. The van der Waals surface area contributed by atoms with Gasteiger partial charge in [-0.25, -0.2) is 0 Å². The summed E-state index contributed by atoms with van der Waals surface area (Å²) in [5.74, 6) is -1.42. The minimum absolute atomic E-state index is 0.0214. The zero-order valence-corrected chi connectivity index (χ0v) is 18.6.